The van der Waals surface area contributed by atoms with Crippen molar-refractivity contribution in [2.45, 2.75) is 45.8 Å². The minimum Gasteiger partial charge on any atom is -0.369 e. The number of nitrogens with one attached hydrogen (secondary N) is 1. The zero-order chi connectivity index (χ0) is 25.8. The fourth-order valence-electron chi connectivity index (χ4n) is 4.31. The number of carbonyl (C=O) groups excluding carboxylic acids is 1. The predicted octanol–water partition coefficient (Wildman–Crippen LogP) is 5.97. The molecular formula is C29H32N4O2S. The van der Waals surface area contributed by atoms with Gasteiger partial charge in [0.15, 0.2) is 5.16 Å². The molecule has 0 atom stereocenters. The van der Waals surface area contributed by atoms with E-state index in [0.717, 1.165) is 34.7 Å². The molecule has 4 aromatic rings. The van der Waals surface area contributed by atoms with Crippen LogP contribution in [0.2, 0.25) is 0 Å². The Morgan fingerprint density at radius 3 is 2.44 bits per heavy atom. The maximum atomic E-state index is 13.5. The summed E-state index contributed by atoms with van der Waals surface area (Å²) in [6, 6.07) is 21.5. The van der Waals surface area contributed by atoms with E-state index in [0.29, 0.717) is 22.1 Å². The summed E-state index contributed by atoms with van der Waals surface area (Å²) in [6.45, 7) is 11.4. The maximum Gasteiger partial charge on any atom is 0.266 e. The van der Waals surface area contributed by atoms with Crippen LogP contribution in [0.3, 0.4) is 0 Å². The van der Waals surface area contributed by atoms with E-state index >= 15 is 0 Å². The van der Waals surface area contributed by atoms with Gasteiger partial charge in [-0.15, -0.1) is 0 Å². The van der Waals surface area contributed by atoms with Gasteiger partial charge in [-0.25, -0.2) is 4.98 Å². The van der Waals surface area contributed by atoms with Crippen molar-refractivity contribution in [1.82, 2.24) is 9.55 Å². The second kappa shape index (κ2) is 11.0. The molecule has 6 nitrogen and oxygen atoms in total. The molecule has 0 unspecified atom stereocenters. The van der Waals surface area contributed by atoms with Crippen LogP contribution in [0.5, 0.6) is 0 Å². The van der Waals surface area contributed by atoms with Crippen molar-refractivity contribution >= 4 is 39.9 Å². The van der Waals surface area contributed by atoms with E-state index in [4.69, 9.17) is 4.98 Å². The van der Waals surface area contributed by atoms with E-state index in [2.05, 4.69) is 31.0 Å². The zero-order valence-electron chi connectivity index (χ0n) is 21.4. The fourth-order valence-corrected chi connectivity index (χ4v) is 5.11. The highest BCUT2D eigenvalue weighted by Crippen LogP contribution is 2.25. The molecule has 1 aromatic heterocycles. The molecule has 0 spiro atoms. The highest BCUT2D eigenvalue weighted by molar-refractivity contribution is 7.99. The lowest BCUT2D eigenvalue weighted by Gasteiger charge is -2.27. The minimum absolute atomic E-state index is 0.129. The summed E-state index contributed by atoms with van der Waals surface area (Å²) in [4.78, 5) is 33.4. The Morgan fingerprint density at radius 2 is 1.75 bits per heavy atom. The number of hydrogen-bond acceptors (Lipinski definition) is 5. The Morgan fingerprint density at radius 1 is 1.03 bits per heavy atom. The number of carbonyl (C=O) groups is 1. The molecular weight excluding hydrogens is 468 g/mol. The summed E-state index contributed by atoms with van der Waals surface area (Å²) in [6.07, 6.45) is 0. The molecule has 0 fully saturated rings. The Hall–Kier alpha value is -3.58. The van der Waals surface area contributed by atoms with Gasteiger partial charge in [-0.1, -0.05) is 36.0 Å². The van der Waals surface area contributed by atoms with Crippen LogP contribution < -0.4 is 15.8 Å². The number of aromatic nitrogens is 2. The van der Waals surface area contributed by atoms with Gasteiger partial charge < -0.3 is 10.2 Å². The quantitative estimate of drug-likeness (QED) is 0.239. The summed E-state index contributed by atoms with van der Waals surface area (Å²) in [5.41, 5.74) is 5.21. The average Bonchev–Trinajstić information content (AvgIpc) is 2.86. The first kappa shape index (κ1) is 25.5. The summed E-state index contributed by atoms with van der Waals surface area (Å²) >= 11 is 1.26. The van der Waals surface area contributed by atoms with Crippen molar-refractivity contribution in [2.75, 3.05) is 22.5 Å². The maximum absolute atomic E-state index is 13.5. The van der Waals surface area contributed by atoms with Crippen molar-refractivity contribution < 1.29 is 4.79 Å². The zero-order valence-corrected chi connectivity index (χ0v) is 22.2. The second-order valence-corrected chi connectivity index (χ2v) is 9.98. The molecule has 0 saturated heterocycles. The largest absolute Gasteiger partial charge is 0.369 e. The van der Waals surface area contributed by atoms with Gasteiger partial charge >= 0.3 is 0 Å². The molecule has 3 aromatic carbocycles. The van der Waals surface area contributed by atoms with Crippen molar-refractivity contribution in [1.29, 1.82) is 0 Å². The van der Waals surface area contributed by atoms with Crippen LogP contribution in [0.4, 0.5) is 11.4 Å². The normalized spacial score (nSPS) is 11.2. The van der Waals surface area contributed by atoms with Gasteiger partial charge in [0.2, 0.25) is 5.91 Å². The molecule has 0 aliphatic heterocycles. The standard InChI is InChI=1S/C29H32N4O2S/c1-6-32(19(2)3)23-16-14-22(15-17-23)30-27(34)18-36-29-31-25-12-8-7-11-24(25)28(35)33(29)26-13-9-10-20(4)21(26)5/h7-17,19H,6,18H2,1-5H3,(H,30,34). The highest BCUT2D eigenvalue weighted by atomic mass is 32.2. The van der Waals surface area contributed by atoms with Crippen LogP contribution >= 0.6 is 11.8 Å². The van der Waals surface area contributed by atoms with Gasteiger partial charge in [0.1, 0.15) is 0 Å². The Kier molecular flexibility index (Phi) is 7.79. The average molecular weight is 501 g/mol. The van der Waals surface area contributed by atoms with Gasteiger partial charge in [-0.05, 0) is 88.2 Å². The van der Waals surface area contributed by atoms with Crippen molar-refractivity contribution in [3.63, 3.8) is 0 Å². The van der Waals surface area contributed by atoms with Crippen LogP contribution in [-0.2, 0) is 4.79 Å². The van der Waals surface area contributed by atoms with E-state index in [1.807, 2.05) is 74.5 Å². The smallest absolute Gasteiger partial charge is 0.266 e. The molecule has 0 bridgehead atoms. The predicted molar refractivity (Wildman–Crippen MR) is 151 cm³/mol. The number of nitrogens with zero attached hydrogens (tertiary/aromatic N) is 3. The molecule has 36 heavy (non-hydrogen) atoms. The molecule has 1 amide bonds. The Labute approximate surface area is 216 Å². The monoisotopic (exact) mass is 500 g/mol. The lowest BCUT2D eigenvalue weighted by atomic mass is 10.1. The van der Waals surface area contributed by atoms with Crippen molar-refractivity contribution in [3.05, 3.63) is 88.2 Å². The van der Waals surface area contributed by atoms with Gasteiger partial charge in [0.25, 0.3) is 5.56 Å². The van der Waals surface area contributed by atoms with Crippen LogP contribution in [-0.4, -0.2) is 33.8 Å². The molecule has 0 aliphatic rings. The van der Waals surface area contributed by atoms with E-state index in [9.17, 15) is 9.59 Å². The van der Waals surface area contributed by atoms with Gasteiger partial charge in [0.05, 0.1) is 22.3 Å². The number of para-hydroxylation sites is 1. The first-order chi connectivity index (χ1) is 17.3. The molecule has 1 heterocycles. The second-order valence-electron chi connectivity index (χ2n) is 9.03. The van der Waals surface area contributed by atoms with Crippen molar-refractivity contribution in [3.8, 4) is 5.69 Å². The van der Waals surface area contributed by atoms with Crippen LogP contribution in [0.15, 0.2) is 76.7 Å². The summed E-state index contributed by atoms with van der Waals surface area (Å²) in [5.74, 6) is -0.0244. The third kappa shape index (κ3) is 5.31. The Balaban J connectivity index is 1.58. The molecule has 186 valence electrons. The molecule has 0 radical (unpaired) electrons. The molecule has 4 rings (SSSR count). The highest BCUT2D eigenvalue weighted by Gasteiger charge is 2.17. The van der Waals surface area contributed by atoms with E-state index in [-0.39, 0.29) is 17.2 Å². The van der Waals surface area contributed by atoms with E-state index in [1.54, 1.807) is 10.6 Å². The molecule has 0 saturated carbocycles. The fraction of sp³-hybridized carbons (Fsp3) is 0.276. The third-order valence-electron chi connectivity index (χ3n) is 6.34. The van der Waals surface area contributed by atoms with Crippen molar-refractivity contribution in [2.24, 2.45) is 0 Å². The molecule has 1 N–H and O–H groups in total. The van der Waals surface area contributed by atoms with Gasteiger partial charge in [-0.3, -0.25) is 14.2 Å². The number of aryl methyl sites for hydroxylation is 1. The Bertz CT molecular complexity index is 1440. The van der Waals surface area contributed by atoms with Crippen LogP contribution in [0, 0.1) is 13.8 Å². The number of anilines is 2. The van der Waals surface area contributed by atoms with Crippen LogP contribution in [0.25, 0.3) is 16.6 Å². The molecule has 0 aliphatic carbocycles. The SMILES string of the molecule is CCN(c1ccc(NC(=O)CSc2nc3ccccc3c(=O)n2-c2cccc(C)c2C)cc1)C(C)C. The lowest BCUT2D eigenvalue weighted by molar-refractivity contribution is -0.113. The number of thioether (sulfide) groups is 1. The number of benzene rings is 3. The first-order valence-corrected chi connectivity index (χ1v) is 13.2. The van der Waals surface area contributed by atoms with E-state index < -0.39 is 0 Å². The topological polar surface area (TPSA) is 67.2 Å². The number of fused-ring (bicyclic) bond motifs is 1. The molecule has 7 heteroatoms. The van der Waals surface area contributed by atoms with Crippen LogP contribution in [0.1, 0.15) is 31.9 Å². The van der Waals surface area contributed by atoms with Gasteiger partial charge in [-0.2, -0.15) is 0 Å². The summed E-state index contributed by atoms with van der Waals surface area (Å²) in [7, 11) is 0. The number of rotatable bonds is 8. The minimum atomic E-state index is -0.154. The van der Waals surface area contributed by atoms with Gasteiger partial charge in [0, 0.05) is 24.0 Å². The van der Waals surface area contributed by atoms with E-state index in [1.165, 1.54) is 11.8 Å². The summed E-state index contributed by atoms with van der Waals surface area (Å²) < 4.78 is 1.63. The summed E-state index contributed by atoms with van der Waals surface area (Å²) in [5, 5.41) is 4.01. The lowest BCUT2D eigenvalue weighted by Crippen LogP contribution is -2.30. The number of amides is 1. The third-order valence-corrected chi connectivity index (χ3v) is 7.28. The first-order valence-electron chi connectivity index (χ1n) is 12.2. The number of hydrogen-bond donors (Lipinski definition) is 1.